The minimum Gasteiger partial charge on any atom is -0.369 e. The molecule has 4 heteroatoms. The van der Waals surface area contributed by atoms with Gasteiger partial charge in [0.1, 0.15) is 0 Å². The van der Waals surface area contributed by atoms with Crippen molar-refractivity contribution in [1.82, 2.24) is 9.88 Å². The average molecular weight is 228 g/mol. The first-order valence-electron chi connectivity index (χ1n) is 3.51. The molecule has 0 aliphatic carbocycles. The molecular weight excluding hydrogens is 218 g/mol. The first kappa shape index (κ1) is 9.19. The van der Waals surface area contributed by atoms with Crippen molar-refractivity contribution >= 4 is 28.1 Å². The third kappa shape index (κ3) is 2.62. The van der Waals surface area contributed by atoms with Crippen LogP contribution in [0.5, 0.6) is 0 Å². The summed E-state index contributed by atoms with van der Waals surface area (Å²) in [6, 6.07) is 3.77. The maximum absolute atomic E-state index is 4.15. The number of pyridine rings is 1. The summed E-state index contributed by atoms with van der Waals surface area (Å²) in [5.74, 6) is 0.700. The third-order valence-corrected chi connectivity index (χ3v) is 1.77. The Bertz CT molecular complexity index is 283. The third-order valence-electron chi connectivity index (χ3n) is 1.15. The molecule has 1 aromatic heterocycles. The summed E-state index contributed by atoms with van der Waals surface area (Å²) in [7, 11) is 3.83. The summed E-state index contributed by atoms with van der Waals surface area (Å²) in [6.45, 7) is 0. The lowest BCUT2D eigenvalue weighted by Crippen LogP contribution is -2.07. The van der Waals surface area contributed by atoms with Crippen LogP contribution >= 0.6 is 15.9 Å². The lowest BCUT2D eigenvalue weighted by Gasteiger charge is -2.02. The predicted octanol–water partition coefficient (Wildman–Crippen LogP) is 2.07. The van der Waals surface area contributed by atoms with Gasteiger partial charge in [-0.05, 0) is 28.1 Å². The van der Waals surface area contributed by atoms with Gasteiger partial charge in [0.15, 0.2) is 5.82 Å². The molecule has 64 valence electrons. The number of aromatic nitrogens is 1. The molecule has 12 heavy (non-hydrogen) atoms. The summed E-state index contributed by atoms with van der Waals surface area (Å²) < 4.78 is 0.906. The minimum atomic E-state index is 0.700. The summed E-state index contributed by atoms with van der Waals surface area (Å²) >= 11 is 3.35. The SMILES string of the molecule is CN(C)C=Nc1ncccc1Br. The second-order valence-corrected chi connectivity index (χ2v) is 3.37. The molecule has 0 fully saturated rings. The van der Waals surface area contributed by atoms with Crippen molar-refractivity contribution in [3.8, 4) is 0 Å². The van der Waals surface area contributed by atoms with E-state index in [1.54, 1.807) is 12.5 Å². The number of hydrogen-bond donors (Lipinski definition) is 0. The van der Waals surface area contributed by atoms with Crippen LogP contribution in [0.15, 0.2) is 27.8 Å². The van der Waals surface area contributed by atoms with Crippen molar-refractivity contribution in [3.63, 3.8) is 0 Å². The Hall–Kier alpha value is -0.900. The molecule has 0 N–H and O–H groups in total. The zero-order valence-corrected chi connectivity index (χ0v) is 8.62. The molecule has 0 aliphatic heterocycles. The van der Waals surface area contributed by atoms with E-state index >= 15 is 0 Å². The van der Waals surface area contributed by atoms with Crippen molar-refractivity contribution in [2.24, 2.45) is 4.99 Å². The van der Waals surface area contributed by atoms with E-state index in [-0.39, 0.29) is 0 Å². The van der Waals surface area contributed by atoms with Crippen molar-refractivity contribution < 1.29 is 0 Å². The monoisotopic (exact) mass is 227 g/mol. The van der Waals surface area contributed by atoms with Crippen LogP contribution in [0.1, 0.15) is 0 Å². The Morgan fingerprint density at radius 3 is 2.92 bits per heavy atom. The highest BCUT2D eigenvalue weighted by molar-refractivity contribution is 9.10. The fourth-order valence-electron chi connectivity index (χ4n) is 0.643. The van der Waals surface area contributed by atoms with Crippen LogP contribution in [0.4, 0.5) is 5.82 Å². The van der Waals surface area contributed by atoms with E-state index in [1.807, 2.05) is 31.1 Å². The molecule has 1 heterocycles. The van der Waals surface area contributed by atoms with Gasteiger partial charge in [-0.15, -0.1) is 0 Å². The lowest BCUT2D eigenvalue weighted by atomic mass is 10.5. The van der Waals surface area contributed by atoms with E-state index in [0.717, 1.165) is 4.47 Å². The van der Waals surface area contributed by atoms with Gasteiger partial charge in [0.05, 0.1) is 10.8 Å². The predicted molar refractivity (Wildman–Crippen MR) is 53.8 cm³/mol. The molecule has 1 aromatic rings. The number of aliphatic imine (C=N–C) groups is 1. The van der Waals surface area contributed by atoms with Crippen molar-refractivity contribution in [1.29, 1.82) is 0 Å². The number of nitrogens with zero attached hydrogens (tertiary/aromatic N) is 3. The van der Waals surface area contributed by atoms with E-state index in [9.17, 15) is 0 Å². The highest BCUT2D eigenvalue weighted by Crippen LogP contribution is 2.20. The molecule has 0 saturated carbocycles. The number of halogens is 1. The van der Waals surface area contributed by atoms with Crippen LogP contribution in [0, 0.1) is 0 Å². The summed E-state index contributed by atoms with van der Waals surface area (Å²) in [5, 5.41) is 0. The molecule has 0 unspecified atom stereocenters. The fourth-order valence-corrected chi connectivity index (χ4v) is 1.000. The molecular formula is C8H10BrN3. The van der Waals surface area contributed by atoms with Crippen LogP contribution in [-0.4, -0.2) is 30.3 Å². The molecule has 0 amide bonds. The van der Waals surface area contributed by atoms with Gasteiger partial charge in [-0.1, -0.05) is 0 Å². The van der Waals surface area contributed by atoms with E-state index in [4.69, 9.17) is 0 Å². The summed E-state index contributed by atoms with van der Waals surface area (Å²) in [4.78, 5) is 10.1. The standard InChI is InChI=1S/C8H10BrN3/c1-12(2)6-11-8-7(9)4-3-5-10-8/h3-6H,1-2H3. The van der Waals surface area contributed by atoms with Gasteiger partial charge < -0.3 is 4.90 Å². The summed E-state index contributed by atoms with van der Waals surface area (Å²) in [5.41, 5.74) is 0. The zero-order valence-electron chi connectivity index (χ0n) is 7.03. The zero-order chi connectivity index (χ0) is 8.97. The minimum absolute atomic E-state index is 0.700. The molecule has 3 nitrogen and oxygen atoms in total. The van der Waals surface area contributed by atoms with Gasteiger partial charge in [0, 0.05) is 20.3 Å². The van der Waals surface area contributed by atoms with E-state index in [1.165, 1.54) is 0 Å². The molecule has 0 aromatic carbocycles. The molecule has 0 radical (unpaired) electrons. The Morgan fingerprint density at radius 1 is 1.58 bits per heavy atom. The molecule has 0 spiro atoms. The number of hydrogen-bond acceptors (Lipinski definition) is 2. The van der Waals surface area contributed by atoms with Crippen molar-refractivity contribution in [2.75, 3.05) is 14.1 Å². The lowest BCUT2D eigenvalue weighted by molar-refractivity contribution is 0.643. The smallest absolute Gasteiger partial charge is 0.167 e. The highest BCUT2D eigenvalue weighted by Gasteiger charge is 1.94. The molecule has 0 saturated heterocycles. The normalized spacial score (nSPS) is 10.6. The van der Waals surface area contributed by atoms with Gasteiger partial charge in [-0.25, -0.2) is 9.98 Å². The van der Waals surface area contributed by atoms with Gasteiger partial charge in [-0.2, -0.15) is 0 Å². The van der Waals surface area contributed by atoms with Gasteiger partial charge in [0.2, 0.25) is 0 Å². The second kappa shape index (κ2) is 4.21. The topological polar surface area (TPSA) is 28.5 Å². The Kier molecular flexibility index (Phi) is 3.22. The maximum Gasteiger partial charge on any atom is 0.167 e. The van der Waals surface area contributed by atoms with Crippen LogP contribution < -0.4 is 0 Å². The van der Waals surface area contributed by atoms with Crippen LogP contribution in [0.3, 0.4) is 0 Å². The van der Waals surface area contributed by atoms with E-state index < -0.39 is 0 Å². The fraction of sp³-hybridized carbons (Fsp3) is 0.250. The Balaban J connectivity index is 2.82. The van der Waals surface area contributed by atoms with E-state index in [2.05, 4.69) is 25.9 Å². The van der Waals surface area contributed by atoms with E-state index in [0.29, 0.717) is 5.82 Å². The van der Waals surface area contributed by atoms with Crippen molar-refractivity contribution in [3.05, 3.63) is 22.8 Å². The average Bonchev–Trinajstić information content (AvgIpc) is 2.03. The van der Waals surface area contributed by atoms with Crippen LogP contribution in [0.25, 0.3) is 0 Å². The van der Waals surface area contributed by atoms with Gasteiger partial charge in [0.25, 0.3) is 0 Å². The van der Waals surface area contributed by atoms with Crippen LogP contribution in [-0.2, 0) is 0 Å². The van der Waals surface area contributed by atoms with Crippen LogP contribution in [0.2, 0.25) is 0 Å². The highest BCUT2D eigenvalue weighted by atomic mass is 79.9. The first-order valence-corrected chi connectivity index (χ1v) is 4.30. The quantitative estimate of drug-likeness (QED) is 0.572. The van der Waals surface area contributed by atoms with Crippen molar-refractivity contribution in [2.45, 2.75) is 0 Å². The van der Waals surface area contributed by atoms with Gasteiger partial charge >= 0.3 is 0 Å². The second-order valence-electron chi connectivity index (χ2n) is 2.52. The molecule has 1 rings (SSSR count). The maximum atomic E-state index is 4.15. The first-order chi connectivity index (χ1) is 5.70. The molecule has 0 atom stereocenters. The number of rotatable bonds is 2. The van der Waals surface area contributed by atoms with Gasteiger partial charge in [-0.3, -0.25) is 0 Å². The summed E-state index contributed by atoms with van der Waals surface area (Å²) in [6.07, 6.45) is 3.43. The largest absolute Gasteiger partial charge is 0.369 e. The molecule has 0 aliphatic rings. The molecule has 0 bridgehead atoms. The Morgan fingerprint density at radius 2 is 2.33 bits per heavy atom. The Labute approximate surface area is 80.3 Å².